The molecule has 0 atom stereocenters. The quantitative estimate of drug-likeness (QED) is 0.682. The molecule has 0 spiro atoms. The highest BCUT2D eigenvalue weighted by molar-refractivity contribution is 7.88. The van der Waals surface area contributed by atoms with Crippen LogP contribution >= 0.6 is 0 Å². The molecule has 1 N–H and O–H groups in total. The van der Waals surface area contributed by atoms with E-state index in [4.69, 9.17) is 8.97 Å². The second-order valence-corrected chi connectivity index (χ2v) is 3.14. The largest absolute Gasteiger partial charge is 0.465 e. The van der Waals surface area contributed by atoms with E-state index < -0.39 is 10.1 Å². The Morgan fingerprint density at radius 1 is 1.55 bits per heavy atom. The highest BCUT2D eigenvalue weighted by Crippen LogP contribution is 2.03. The van der Waals surface area contributed by atoms with E-state index in [1.807, 2.05) is 0 Å². The van der Waals surface area contributed by atoms with Crippen molar-refractivity contribution in [2.75, 3.05) is 0 Å². The maximum Gasteiger partial charge on any atom is 0.287 e. The van der Waals surface area contributed by atoms with Gasteiger partial charge >= 0.3 is 0 Å². The lowest BCUT2D eigenvalue weighted by Gasteiger charge is -1.82. The van der Waals surface area contributed by atoms with Crippen LogP contribution in [0.1, 0.15) is 5.76 Å². The van der Waals surface area contributed by atoms with Gasteiger partial charge in [0, 0.05) is 0 Å². The first kappa shape index (κ1) is 8.03. The fourth-order valence-electron chi connectivity index (χ4n) is 0.539. The summed E-state index contributed by atoms with van der Waals surface area (Å²) in [4.78, 5) is 0. The zero-order valence-electron chi connectivity index (χ0n) is 5.47. The lowest BCUT2D eigenvalue weighted by molar-refractivity contribution is 0.494. The summed E-state index contributed by atoms with van der Waals surface area (Å²) in [5.74, 6) is 0.377. The molecule has 11 heavy (non-hydrogen) atoms. The molecule has 0 unspecified atom stereocenters. The van der Waals surface area contributed by atoms with Crippen LogP contribution in [0.2, 0.25) is 0 Å². The van der Waals surface area contributed by atoms with E-state index >= 15 is 0 Å². The van der Waals surface area contributed by atoms with Crippen LogP contribution < -0.4 is 0 Å². The van der Waals surface area contributed by atoms with Crippen molar-refractivity contribution in [2.24, 2.45) is 0 Å². The molecule has 0 aromatic carbocycles. The zero-order valence-corrected chi connectivity index (χ0v) is 6.28. The molecule has 1 aromatic rings. The minimum atomic E-state index is -4.04. The molecular formula is C6H6O4S. The van der Waals surface area contributed by atoms with Crippen LogP contribution in [0, 0.1) is 0 Å². The molecule has 0 saturated heterocycles. The Kier molecular flexibility index (Phi) is 2.11. The first-order valence-electron chi connectivity index (χ1n) is 2.77. The summed E-state index contributed by atoms with van der Waals surface area (Å²) in [5, 5.41) is 0.659. The van der Waals surface area contributed by atoms with E-state index in [0.717, 1.165) is 6.08 Å². The van der Waals surface area contributed by atoms with Gasteiger partial charge in [-0.3, -0.25) is 4.55 Å². The van der Waals surface area contributed by atoms with Gasteiger partial charge in [0.15, 0.2) is 0 Å². The lowest BCUT2D eigenvalue weighted by Crippen LogP contribution is -1.88. The van der Waals surface area contributed by atoms with Gasteiger partial charge in [0.25, 0.3) is 10.1 Å². The average Bonchev–Trinajstić information content (AvgIpc) is 2.32. The normalized spacial score (nSPS) is 12.5. The fourth-order valence-corrected chi connectivity index (χ4v) is 0.845. The number of rotatable bonds is 2. The van der Waals surface area contributed by atoms with Crippen LogP contribution in [0.4, 0.5) is 0 Å². The molecule has 1 heterocycles. The molecule has 1 rings (SSSR count). The van der Waals surface area contributed by atoms with Crippen LogP contribution in [-0.4, -0.2) is 13.0 Å². The highest BCUT2D eigenvalue weighted by Gasteiger charge is 1.95. The van der Waals surface area contributed by atoms with E-state index in [-0.39, 0.29) is 0 Å². The predicted octanol–water partition coefficient (Wildman–Crippen LogP) is 1.14. The Labute approximate surface area is 63.9 Å². The second-order valence-electron chi connectivity index (χ2n) is 1.83. The Bertz CT molecular complexity index is 333. The SMILES string of the molecule is O=S(=O)(O)C=Cc1ccco1. The number of hydrogen-bond acceptors (Lipinski definition) is 3. The fraction of sp³-hybridized carbons (Fsp3) is 0. The maximum absolute atomic E-state index is 10.2. The molecule has 0 saturated carbocycles. The monoisotopic (exact) mass is 174 g/mol. The summed E-state index contributed by atoms with van der Waals surface area (Å²) in [6, 6.07) is 3.19. The summed E-state index contributed by atoms with van der Waals surface area (Å²) in [7, 11) is -4.04. The minimum absolute atomic E-state index is 0.377. The van der Waals surface area contributed by atoms with Crippen molar-refractivity contribution in [1.29, 1.82) is 0 Å². The van der Waals surface area contributed by atoms with Gasteiger partial charge in [0.2, 0.25) is 0 Å². The van der Waals surface area contributed by atoms with Crippen molar-refractivity contribution in [1.82, 2.24) is 0 Å². The molecule has 5 heteroatoms. The van der Waals surface area contributed by atoms with Gasteiger partial charge in [-0.25, -0.2) is 0 Å². The smallest absolute Gasteiger partial charge is 0.287 e. The van der Waals surface area contributed by atoms with Crippen LogP contribution in [0.3, 0.4) is 0 Å². The lowest BCUT2D eigenvalue weighted by atomic mass is 10.5. The number of furan rings is 1. The van der Waals surface area contributed by atoms with E-state index in [2.05, 4.69) is 0 Å². The average molecular weight is 174 g/mol. The maximum atomic E-state index is 10.2. The Hall–Kier alpha value is -1.07. The molecule has 0 aliphatic carbocycles. The topological polar surface area (TPSA) is 67.5 Å². The van der Waals surface area contributed by atoms with E-state index in [1.165, 1.54) is 6.26 Å². The van der Waals surface area contributed by atoms with Gasteiger partial charge in [-0.2, -0.15) is 8.42 Å². The van der Waals surface area contributed by atoms with Crippen molar-refractivity contribution >= 4 is 16.2 Å². The zero-order chi connectivity index (χ0) is 8.32. The molecule has 0 aliphatic rings. The third-order valence-electron chi connectivity index (χ3n) is 0.947. The molecule has 0 aliphatic heterocycles. The third-order valence-corrected chi connectivity index (χ3v) is 1.43. The highest BCUT2D eigenvalue weighted by atomic mass is 32.2. The van der Waals surface area contributed by atoms with Crippen LogP contribution in [0.5, 0.6) is 0 Å². The molecule has 0 amide bonds. The molecule has 0 radical (unpaired) electrons. The van der Waals surface area contributed by atoms with Gasteiger partial charge in [-0.15, -0.1) is 0 Å². The van der Waals surface area contributed by atoms with Gasteiger partial charge in [0.1, 0.15) is 5.76 Å². The van der Waals surface area contributed by atoms with Crippen molar-refractivity contribution in [3.63, 3.8) is 0 Å². The summed E-state index contributed by atoms with van der Waals surface area (Å²) in [6.07, 6.45) is 2.57. The first-order chi connectivity index (χ1) is 5.08. The van der Waals surface area contributed by atoms with Crippen molar-refractivity contribution in [2.45, 2.75) is 0 Å². The van der Waals surface area contributed by atoms with Crippen LogP contribution in [-0.2, 0) is 10.1 Å². The Morgan fingerprint density at radius 3 is 2.73 bits per heavy atom. The molecule has 1 aromatic heterocycles. The van der Waals surface area contributed by atoms with Crippen LogP contribution in [0.15, 0.2) is 28.2 Å². The molecule has 0 bridgehead atoms. The van der Waals surface area contributed by atoms with Gasteiger partial charge in [-0.1, -0.05) is 0 Å². The summed E-state index contributed by atoms with van der Waals surface area (Å²) < 4.78 is 33.3. The van der Waals surface area contributed by atoms with Gasteiger partial charge in [-0.05, 0) is 18.2 Å². The van der Waals surface area contributed by atoms with Crippen molar-refractivity contribution < 1.29 is 17.4 Å². The molecular weight excluding hydrogens is 168 g/mol. The van der Waals surface area contributed by atoms with Crippen molar-refractivity contribution in [3.05, 3.63) is 29.6 Å². The van der Waals surface area contributed by atoms with Crippen molar-refractivity contribution in [3.8, 4) is 0 Å². The predicted molar refractivity (Wildman–Crippen MR) is 39.3 cm³/mol. The van der Waals surface area contributed by atoms with Gasteiger partial charge < -0.3 is 4.42 Å². The Morgan fingerprint density at radius 2 is 2.27 bits per heavy atom. The van der Waals surface area contributed by atoms with E-state index in [1.54, 1.807) is 12.1 Å². The third kappa shape index (κ3) is 3.01. The van der Waals surface area contributed by atoms with E-state index in [0.29, 0.717) is 11.2 Å². The van der Waals surface area contributed by atoms with Gasteiger partial charge in [0.05, 0.1) is 11.7 Å². The summed E-state index contributed by atoms with van der Waals surface area (Å²) in [5.41, 5.74) is 0. The summed E-state index contributed by atoms with van der Waals surface area (Å²) in [6.45, 7) is 0. The Balaban J connectivity index is 2.79. The first-order valence-corrected chi connectivity index (χ1v) is 4.27. The molecule has 0 fully saturated rings. The van der Waals surface area contributed by atoms with E-state index in [9.17, 15) is 8.42 Å². The second kappa shape index (κ2) is 2.89. The van der Waals surface area contributed by atoms with Crippen LogP contribution in [0.25, 0.3) is 6.08 Å². The molecule has 60 valence electrons. The standard InChI is InChI=1S/C6H6O4S/c7-11(8,9)5-3-6-2-1-4-10-6/h1-5H,(H,7,8,9). The number of hydrogen-bond donors (Lipinski definition) is 1. The summed E-state index contributed by atoms with van der Waals surface area (Å²) >= 11 is 0. The minimum Gasteiger partial charge on any atom is -0.465 e. The molecule has 4 nitrogen and oxygen atoms in total.